The van der Waals surface area contributed by atoms with Gasteiger partial charge in [0.25, 0.3) is 5.91 Å². The maximum Gasteiger partial charge on any atom is 0.264 e. The first kappa shape index (κ1) is 19.0. The second-order valence-corrected chi connectivity index (χ2v) is 7.08. The molecule has 27 heavy (non-hydrogen) atoms. The molecule has 0 bridgehead atoms. The lowest BCUT2D eigenvalue weighted by Crippen LogP contribution is -2.28. The number of amides is 1. The van der Waals surface area contributed by atoms with E-state index in [1.54, 1.807) is 36.4 Å². The highest BCUT2D eigenvalue weighted by atomic mass is 35.5. The van der Waals surface area contributed by atoms with E-state index in [9.17, 15) is 14.7 Å². The van der Waals surface area contributed by atoms with Gasteiger partial charge in [-0.3, -0.25) is 4.79 Å². The number of carboxylic acids is 1. The molecule has 1 fully saturated rings. The Morgan fingerprint density at radius 3 is 2.70 bits per heavy atom. The van der Waals surface area contributed by atoms with Crippen molar-refractivity contribution in [3.63, 3.8) is 0 Å². The lowest BCUT2D eigenvalue weighted by atomic mass is 10.2. The van der Waals surface area contributed by atoms with Crippen LogP contribution in [-0.4, -0.2) is 23.7 Å². The number of hydrogen-bond acceptors (Lipinski definition) is 6. The molecular formula is C19H14ClN2O4S-. The van der Waals surface area contributed by atoms with E-state index < -0.39 is 12.6 Å². The average Bonchev–Trinajstić information content (AvgIpc) is 2.96. The number of carbonyl (C=O) groups is 2. The molecule has 138 valence electrons. The van der Waals surface area contributed by atoms with E-state index in [0.29, 0.717) is 26.5 Å². The summed E-state index contributed by atoms with van der Waals surface area (Å²) in [6.07, 6.45) is 1.72. The maximum absolute atomic E-state index is 12.1. The number of aryl methyl sites for hydroxylation is 1. The summed E-state index contributed by atoms with van der Waals surface area (Å²) in [6, 6.07) is 12.1. The molecule has 0 spiro atoms. The monoisotopic (exact) mass is 401 g/mol. The van der Waals surface area contributed by atoms with E-state index >= 15 is 0 Å². The Hall–Kier alpha value is -2.77. The molecule has 1 amide bonds. The van der Waals surface area contributed by atoms with Gasteiger partial charge in [0.2, 0.25) is 0 Å². The van der Waals surface area contributed by atoms with Crippen LogP contribution in [0.5, 0.6) is 5.75 Å². The zero-order valence-corrected chi connectivity index (χ0v) is 15.8. The van der Waals surface area contributed by atoms with Gasteiger partial charge in [0, 0.05) is 5.02 Å². The molecule has 0 atom stereocenters. The van der Waals surface area contributed by atoms with E-state index in [-0.39, 0.29) is 5.91 Å². The Labute approximate surface area is 164 Å². The number of nitrogens with one attached hydrogen (secondary N) is 1. The Kier molecular flexibility index (Phi) is 5.83. The Morgan fingerprint density at radius 2 is 2.04 bits per heavy atom. The largest absolute Gasteiger partial charge is 0.546 e. The third-order valence-electron chi connectivity index (χ3n) is 3.57. The van der Waals surface area contributed by atoms with Crippen molar-refractivity contribution in [2.24, 2.45) is 4.99 Å². The van der Waals surface area contributed by atoms with E-state index in [0.717, 1.165) is 11.1 Å². The zero-order chi connectivity index (χ0) is 19.4. The fourth-order valence-corrected chi connectivity index (χ4v) is 3.22. The number of ether oxygens (including phenoxy) is 1. The summed E-state index contributed by atoms with van der Waals surface area (Å²) in [5, 5.41) is 14.2. The second kappa shape index (κ2) is 8.28. The first-order valence-electron chi connectivity index (χ1n) is 7.89. The lowest BCUT2D eigenvalue weighted by Gasteiger charge is -2.06. The van der Waals surface area contributed by atoms with Crippen LogP contribution in [0.1, 0.15) is 11.1 Å². The van der Waals surface area contributed by atoms with Crippen molar-refractivity contribution < 1.29 is 19.4 Å². The summed E-state index contributed by atoms with van der Waals surface area (Å²) < 4.78 is 5.02. The van der Waals surface area contributed by atoms with Crippen LogP contribution in [0.2, 0.25) is 5.02 Å². The topological polar surface area (TPSA) is 90.8 Å². The van der Waals surface area contributed by atoms with Crippen LogP contribution in [0.4, 0.5) is 5.69 Å². The van der Waals surface area contributed by atoms with Gasteiger partial charge in [0.1, 0.15) is 12.4 Å². The summed E-state index contributed by atoms with van der Waals surface area (Å²) in [4.78, 5) is 27.4. The Morgan fingerprint density at radius 1 is 1.30 bits per heavy atom. The molecule has 1 aliphatic heterocycles. The quantitative estimate of drug-likeness (QED) is 0.778. The van der Waals surface area contributed by atoms with Crippen LogP contribution in [0, 0.1) is 6.92 Å². The number of aliphatic carboxylic acids is 1. The molecule has 1 aliphatic rings. The number of amidine groups is 1. The van der Waals surface area contributed by atoms with Gasteiger partial charge in [-0.25, -0.2) is 4.99 Å². The molecule has 0 unspecified atom stereocenters. The van der Waals surface area contributed by atoms with Crippen molar-refractivity contribution in [2.75, 3.05) is 6.61 Å². The molecular weight excluding hydrogens is 388 g/mol. The number of carbonyl (C=O) groups excluding carboxylic acids is 2. The van der Waals surface area contributed by atoms with Crippen molar-refractivity contribution in [3.8, 4) is 5.75 Å². The van der Waals surface area contributed by atoms with E-state index in [4.69, 9.17) is 16.3 Å². The van der Waals surface area contributed by atoms with Crippen LogP contribution >= 0.6 is 23.4 Å². The molecule has 0 aliphatic carbocycles. The highest BCUT2D eigenvalue weighted by Gasteiger charge is 2.23. The highest BCUT2D eigenvalue weighted by molar-refractivity contribution is 8.18. The molecule has 0 saturated carbocycles. The van der Waals surface area contributed by atoms with Gasteiger partial charge in [0.15, 0.2) is 5.17 Å². The summed E-state index contributed by atoms with van der Waals surface area (Å²) in [7, 11) is 0. The van der Waals surface area contributed by atoms with Gasteiger partial charge in [-0.15, -0.1) is 0 Å². The predicted molar refractivity (Wildman–Crippen MR) is 104 cm³/mol. The van der Waals surface area contributed by atoms with Crippen molar-refractivity contribution in [1.82, 2.24) is 5.32 Å². The second-order valence-electron chi connectivity index (χ2n) is 5.64. The van der Waals surface area contributed by atoms with Gasteiger partial charge in [0.05, 0.1) is 16.6 Å². The summed E-state index contributed by atoms with van der Waals surface area (Å²) >= 11 is 7.32. The molecule has 0 radical (unpaired) electrons. The third kappa shape index (κ3) is 5.12. The Balaban J connectivity index is 1.72. The first-order chi connectivity index (χ1) is 12.9. The molecule has 0 aromatic heterocycles. The predicted octanol–water partition coefficient (Wildman–Crippen LogP) is 2.67. The standard InChI is InChI=1S/C19H15ClN2O4S/c1-11-2-5-13(9-15(11)20)21-19-22-18(25)16(27-19)8-12-3-6-14(7-4-12)26-10-17(23)24/h2-9H,10H2,1H3,(H,23,24)(H,21,22,25)/p-1/b16-8-. The molecule has 2 aromatic carbocycles. The minimum Gasteiger partial charge on any atom is -0.546 e. The van der Waals surface area contributed by atoms with Gasteiger partial charge in [-0.1, -0.05) is 29.8 Å². The maximum atomic E-state index is 12.1. The normalized spacial score (nSPS) is 16.6. The Bertz CT molecular complexity index is 955. The molecule has 6 nitrogen and oxygen atoms in total. The fourth-order valence-electron chi connectivity index (χ4n) is 2.20. The number of hydrogen-bond donors (Lipinski definition) is 1. The van der Waals surface area contributed by atoms with Crippen LogP contribution in [0.3, 0.4) is 0 Å². The molecule has 2 aromatic rings. The van der Waals surface area contributed by atoms with Crippen molar-refractivity contribution >= 4 is 52.2 Å². The zero-order valence-electron chi connectivity index (χ0n) is 14.2. The minimum absolute atomic E-state index is 0.241. The third-order valence-corrected chi connectivity index (χ3v) is 4.89. The smallest absolute Gasteiger partial charge is 0.264 e. The number of carboxylic acid groups (broad SMARTS) is 1. The van der Waals surface area contributed by atoms with Crippen molar-refractivity contribution in [3.05, 3.63) is 63.5 Å². The number of halogens is 1. The van der Waals surface area contributed by atoms with E-state index in [2.05, 4.69) is 10.3 Å². The number of thioether (sulfide) groups is 1. The van der Waals surface area contributed by atoms with E-state index in [1.807, 2.05) is 19.1 Å². The SMILES string of the molecule is Cc1ccc(N=C2NC(=O)/C(=C/c3ccc(OCC(=O)[O-])cc3)S2)cc1Cl. The molecule has 1 heterocycles. The summed E-state index contributed by atoms with van der Waals surface area (Å²) in [6.45, 7) is 1.39. The van der Waals surface area contributed by atoms with Crippen LogP contribution in [-0.2, 0) is 9.59 Å². The number of benzene rings is 2. The molecule has 8 heteroatoms. The summed E-state index contributed by atoms with van der Waals surface area (Å²) in [5.74, 6) is -1.13. The van der Waals surface area contributed by atoms with Gasteiger partial charge < -0.3 is 20.0 Å². The van der Waals surface area contributed by atoms with Crippen molar-refractivity contribution in [1.29, 1.82) is 0 Å². The number of nitrogens with zero attached hydrogens (tertiary/aromatic N) is 1. The minimum atomic E-state index is -1.29. The van der Waals surface area contributed by atoms with E-state index in [1.165, 1.54) is 11.8 Å². The van der Waals surface area contributed by atoms with Crippen LogP contribution in [0.25, 0.3) is 6.08 Å². The van der Waals surface area contributed by atoms with Crippen LogP contribution < -0.4 is 15.2 Å². The molecule has 3 rings (SSSR count). The van der Waals surface area contributed by atoms with Crippen LogP contribution in [0.15, 0.2) is 52.4 Å². The van der Waals surface area contributed by atoms with Gasteiger partial charge >= 0.3 is 0 Å². The average molecular weight is 402 g/mol. The summed E-state index contributed by atoms with van der Waals surface area (Å²) in [5.41, 5.74) is 2.38. The highest BCUT2D eigenvalue weighted by Crippen LogP contribution is 2.29. The molecule has 1 saturated heterocycles. The fraction of sp³-hybridized carbons (Fsp3) is 0.105. The number of rotatable bonds is 5. The first-order valence-corrected chi connectivity index (χ1v) is 9.08. The number of aliphatic imine (C=N–C) groups is 1. The van der Waals surface area contributed by atoms with Gasteiger partial charge in [-0.2, -0.15) is 0 Å². The lowest BCUT2D eigenvalue weighted by molar-refractivity contribution is -0.307. The molecule has 1 N–H and O–H groups in total. The van der Waals surface area contributed by atoms with Crippen molar-refractivity contribution in [2.45, 2.75) is 6.92 Å². The van der Waals surface area contributed by atoms with Gasteiger partial charge in [-0.05, 0) is 60.2 Å².